The summed E-state index contributed by atoms with van der Waals surface area (Å²) in [5.74, 6) is -0.585. The molecule has 3 heteroatoms. The smallest absolute Gasteiger partial charge is 0.311 e. The van der Waals surface area contributed by atoms with Crippen LogP contribution < -0.4 is 0 Å². The van der Waals surface area contributed by atoms with Crippen LogP contribution in [0.15, 0.2) is 0 Å². The molecule has 70 valence electrons. The maximum absolute atomic E-state index is 11.1. The van der Waals surface area contributed by atoms with Crippen LogP contribution in [-0.4, -0.2) is 23.3 Å². The first-order valence-corrected chi connectivity index (χ1v) is 4.46. The molecule has 0 saturated carbocycles. The van der Waals surface area contributed by atoms with Crippen molar-refractivity contribution in [2.45, 2.75) is 39.4 Å². The zero-order valence-electron chi connectivity index (χ0n) is 7.78. The Morgan fingerprint density at radius 1 is 1.50 bits per heavy atom. The number of hydrogen-bond donors (Lipinski definition) is 1. The highest BCUT2D eigenvalue weighted by atomic mass is 18.1. The Balaban J connectivity index is 2.70. The molecule has 0 aromatic carbocycles. The van der Waals surface area contributed by atoms with Gasteiger partial charge in [0.05, 0.1) is 12.0 Å². The van der Waals surface area contributed by atoms with E-state index in [0.717, 1.165) is 6.42 Å². The predicted molar refractivity (Wildman–Crippen MR) is 44.5 cm³/mol. The van der Waals surface area contributed by atoms with Crippen LogP contribution in [0.4, 0.5) is 0 Å². The second-order valence-corrected chi connectivity index (χ2v) is 3.52. The molecule has 1 aliphatic rings. The van der Waals surface area contributed by atoms with Gasteiger partial charge in [-0.2, -0.15) is 0 Å². The third-order valence-electron chi connectivity index (χ3n) is 2.68. The molecule has 0 aromatic heterocycles. The number of hydrogen-bond acceptors (Lipinski definition) is 3. The van der Waals surface area contributed by atoms with Gasteiger partial charge < -0.3 is 9.84 Å². The number of rotatable bonds is 1. The lowest BCUT2D eigenvalue weighted by Gasteiger charge is -2.35. The van der Waals surface area contributed by atoms with Crippen LogP contribution in [0, 0.1) is 11.8 Å². The molecule has 1 N–H and O–H groups in total. The van der Waals surface area contributed by atoms with Crippen LogP contribution >= 0.6 is 0 Å². The summed E-state index contributed by atoms with van der Waals surface area (Å²) in [4.78, 5) is 11.1. The van der Waals surface area contributed by atoms with E-state index < -0.39 is 6.10 Å². The first-order chi connectivity index (χ1) is 5.57. The molecular formula is C9H16O3. The zero-order chi connectivity index (χ0) is 9.30. The van der Waals surface area contributed by atoms with E-state index in [1.165, 1.54) is 0 Å². The molecule has 1 rings (SSSR count). The number of aliphatic hydroxyl groups is 1. The SMILES string of the molecule is CC[C@H]1OC(=[18O])[C@H](C)[C@@H](O)[C@H]1C. The summed E-state index contributed by atoms with van der Waals surface area (Å²) in [6.45, 7) is 5.58. The summed E-state index contributed by atoms with van der Waals surface area (Å²) in [5.41, 5.74) is 0. The van der Waals surface area contributed by atoms with Gasteiger partial charge in [-0.3, -0.25) is 4.79 Å². The average molecular weight is 174 g/mol. The minimum absolute atomic E-state index is 0.0581. The van der Waals surface area contributed by atoms with Gasteiger partial charge in [-0.05, 0) is 13.3 Å². The quantitative estimate of drug-likeness (QED) is 0.475. The fourth-order valence-electron chi connectivity index (χ4n) is 1.63. The molecule has 0 radical (unpaired) electrons. The number of aliphatic hydroxyl groups excluding tert-OH is 1. The van der Waals surface area contributed by atoms with Crippen LogP contribution in [0.5, 0.6) is 0 Å². The maximum Gasteiger partial charge on any atom is 0.311 e. The molecule has 1 saturated heterocycles. The second-order valence-electron chi connectivity index (χ2n) is 3.52. The summed E-state index contributed by atoms with van der Waals surface area (Å²) < 4.78 is 5.13. The van der Waals surface area contributed by atoms with Crippen LogP contribution in [0.1, 0.15) is 27.2 Å². The van der Waals surface area contributed by atoms with Crippen molar-refractivity contribution in [1.82, 2.24) is 0 Å². The first kappa shape index (κ1) is 9.52. The average Bonchev–Trinajstić information content (AvgIpc) is 2.08. The van der Waals surface area contributed by atoms with Gasteiger partial charge in [-0.1, -0.05) is 13.8 Å². The van der Waals surface area contributed by atoms with E-state index in [4.69, 9.17) is 4.74 Å². The maximum atomic E-state index is 11.1. The molecular weight excluding hydrogens is 158 g/mol. The Labute approximate surface area is 72.7 Å². The van der Waals surface area contributed by atoms with Crippen molar-refractivity contribution in [1.29, 1.82) is 0 Å². The summed E-state index contributed by atoms with van der Waals surface area (Å²) in [7, 11) is 0. The Morgan fingerprint density at radius 3 is 2.58 bits per heavy atom. The standard InChI is InChI=1S/C9H16O3/c1-4-7-5(2)8(10)6(3)9(11)12-7/h5-8,10H,4H2,1-3H3/t5-,6+,7+,8-/m0/s1/i11+2. The van der Waals surface area contributed by atoms with Gasteiger partial charge in [0.2, 0.25) is 0 Å². The highest BCUT2D eigenvalue weighted by Crippen LogP contribution is 2.27. The van der Waals surface area contributed by atoms with Gasteiger partial charge in [-0.25, -0.2) is 0 Å². The molecule has 1 fully saturated rings. The molecule has 12 heavy (non-hydrogen) atoms. The Hall–Kier alpha value is -0.570. The van der Waals surface area contributed by atoms with E-state index in [-0.39, 0.29) is 23.9 Å². The Bertz CT molecular complexity index is 177. The number of esters is 1. The van der Waals surface area contributed by atoms with E-state index in [1.54, 1.807) is 6.92 Å². The molecule has 0 aromatic rings. The molecule has 0 aliphatic carbocycles. The summed E-state index contributed by atoms with van der Waals surface area (Å²) in [5, 5.41) is 9.62. The molecule has 1 heterocycles. The molecule has 0 bridgehead atoms. The van der Waals surface area contributed by atoms with Crippen LogP contribution in [-0.2, 0) is 9.53 Å². The zero-order valence-corrected chi connectivity index (χ0v) is 7.78. The normalized spacial score (nSPS) is 42.5. The summed E-state index contributed by atoms with van der Waals surface area (Å²) in [6.07, 6.45) is 0.122. The summed E-state index contributed by atoms with van der Waals surface area (Å²) >= 11 is 0. The molecule has 0 amide bonds. The molecule has 4 atom stereocenters. The van der Waals surface area contributed by atoms with Gasteiger partial charge in [0.1, 0.15) is 6.10 Å². The van der Waals surface area contributed by atoms with Crippen molar-refractivity contribution < 1.29 is 14.6 Å². The van der Waals surface area contributed by atoms with Gasteiger partial charge in [0.25, 0.3) is 0 Å². The van der Waals surface area contributed by atoms with Gasteiger partial charge in [-0.15, -0.1) is 0 Å². The molecule has 3 nitrogen and oxygen atoms in total. The van der Waals surface area contributed by atoms with Crippen molar-refractivity contribution in [3.63, 3.8) is 0 Å². The molecule has 0 unspecified atom stereocenters. The number of ether oxygens (including phenoxy) is 1. The van der Waals surface area contributed by atoms with Crippen molar-refractivity contribution >= 4 is 5.97 Å². The summed E-state index contributed by atoms with van der Waals surface area (Å²) in [6, 6.07) is 0. The van der Waals surface area contributed by atoms with E-state index in [0.29, 0.717) is 0 Å². The van der Waals surface area contributed by atoms with Crippen molar-refractivity contribution in [3.05, 3.63) is 0 Å². The van der Waals surface area contributed by atoms with Crippen LogP contribution in [0.25, 0.3) is 0 Å². The van der Waals surface area contributed by atoms with Crippen molar-refractivity contribution in [2.75, 3.05) is 0 Å². The Morgan fingerprint density at radius 2 is 2.08 bits per heavy atom. The van der Waals surface area contributed by atoms with Gasteiger partial charge in [0, 0.05) is 5.92 Å². The first-order valence-electron chi connectivity index (χ1n) is 4.46. The minimum atomic E-state index is -0.545. The monoisotopic (exact) mass is 174 g/mol. The van der Waals surface area contributed by atoms with Gasteiger partial charge in [0.15, 0.2) is 0 Å². The van der Waals surface area contributed by atoms with E-state index in [1.807, 2.05) is 13.8 Å². The van der Waals surface area contributed by atoms with Crippen molar-refractivity contribution in [3.8, 4) is 0 Å². The second kappa shape index (κ2) is 3.44. The lowest BCUT2D eigenvalue weighted by atomic mass is 9.86. The highest BCUT2D eigenvalue weighted by Gasteiger charge is 2.39. The molecule has 1 aliphatic heterocycles. The lowest BCUT2D eigenvalue weighted by molar-refractivity contribution is -0.177. The third-order valence-corrected chi connectivity index (χ3v) is 2.68. The third kappa shape index (κ3) is 1.46. The van der Waals surface area contributed by atoms with Crippen LogP contribution in [0.2, 0.25) is 0 Å². The van der Waals surface area contributed by atoms with E-state index in [9.17, 15) is 9.90 Å². The predicted octanol–water partition coefficient (Wildman–Crippen LogP) is 0.955. The Kier molecular flexibility index (Phi) is 2.73. The van der Waals surface area contributed by atoms with E-state index in [2.05, 4.69) is 0 Å². The number of carbonyl (C=O) groups is 1. The van der Waals surface area contributed by atoms with E-state index >= 15 is 0 Å². The molecule has 0 spiro atoms. The van der Waals surface area contributed by atoms with Crippen molar-refractivity contribution in [2.24, 2.45) is 11.8 Å². The number of cyclic esters (lactones) is 1. The lowest BCUT2D eigenvalue weighted by Crippen LogP contribution is -2.46. The highest BCUT2D eigenvalue weighted by molar-refractivity contribution is 5.73. The largest absolute Gasteiger partial charge is 0.462 e. The fraction of sp³-hybridized carbons (Fsp3) is 0.889. The van der Waals surface area contributed by atoms with Gasteiger partial charge >= 0.3 is 5.97 Å². The topological polar surface area (TPSA) is 46.5 Å². The van der Waals surface area contributed by atoms with Crippen LogP contribution in [0.3, 0.4) is 0 Å². The fourth-order valence-corrected chi connectivity index (χ4v) is 1.63. The minimum Gasteiger partial charge on any atom is -0.462 e. The number of carbonyl (C=O) groups excluding carboxylic acids is 1.